The number of ether oxygens (including phenoxy) is 2. The van der Waals surface area contributed by atoms with Crippen LogP contribution in [0.5, 0.6) is 5.75 Å². The van der Waals surface area contributed by atoms with Crippen molar-refractivity contribution in [3.8, 4) is 5.75 Å². The number of nitrogens with one attached hydrogen (secondary N) is 2. The average Bonchev–Trinajstić information content (AvgIpc) is 2.53. The predicted octanol–water partition coefficient (Wildman–Crippen LogP) is 2.69. The van der Waals surface area contributed by atoms with Gasteiger partial charge < -0.3 is 20.1 Å². The lowest BCUT2D eigenvalue weighted by Crippen LogP contribution is -2.39. The number of halogens is 1. The minimum atomic E-state index is 0. The molecular formula is C17H30IN3O2. The number of benzene rings is 1. The molecule has 6 heteroatoms. The molecular weight excluding hydrogens is 405 g/mol. The van der Waals surface area contributed by atoms with E-state index in [1.807, 2.05) is 12.1 Å². The molecule has 0 heterocycles. The second kappa shape index (κ2) is 13.4. The maximum atomic E-state index is 5.53. The second-order valence-electron chi connectivity index (χ2n) is 5.49. The fourth-order valence-electron chi connectivity index (χ4n) is 1.90. The first-order valence-electron chi connectivity index (χ1n) is 7.81. The number of aliphatic imine (C=N–C) groups is 1. The summed E-state index contributed by atoms with van der Waals surface area (Å²) in [5.41, 5.74) is 1.27. The molecule has 0 saturated carbocycles. The Bertz CT molecular complexity index is 436. The summed E-state index contributed by atoms with van der Waals surface area (Å²) in [5, 5.41) is 6.54. The van der Waals surface area contributed by atoms with Crippen LogP contribution in [-0.4, -0.2) is 46.4 Å². The fraction of sp³-hybridized carbons (Fsp3) is 0.588. The zero-order chi connectivity index (χ0) is 16.2. The van der Waals surface area contributed by atoms with Crippen LogP contribution in [0, 0.1) is 5.92 Å². The predicted molar refractivity (Wildman–Crippen MR) is 107 cm³/mol. The van der Waals surface area contributed by atoms with Gasteiger partial charge in [-0.25, -0.2) is 0 Å². The van der Waals surface area contributed by atoms with E-state index >= 15 is 0 Å². The van der Waals surface area contributed by atoms with Crippen molar-refractivity contribution in [1.82, 2.24) is 10.6 Å². The summed E-state index contributed by atoms with van der Waals surface area (Å²) in [7, 11) is 3.45. The number of methoxy groups -OCH3 is 1. The molecule has 0 aliphatic carbocycles. The SMILES string of the molecule is CN=C(NCCOCC(C)C)NCCc1ccc(OC)cc1.I. The van der Waals surface area contributed by atoms with Gasteiger partial charge in [0, 0.05) is 26.7 Å². The minimum absolute atomic E-state index is 0. The maximum Gasteiger partial charge on any atom is 0.191 e. The Morgan fingerprint density at radius 3 is 2.35 bits per heavy atom. The third-order valence-corrected chi connectivity index (χ3v) is 3.08. The molecule has 2 N–H and O–H groups in total. The second-order valence-corrected chi connectivity index (χ2v) is 5.49. The molecule has 1 aromatic carbocycles. The van der Waals surface area contributed by atoms with Gasteiger partial charge in [-0.05, 0) is 30.0 Å². The number of rotatable bonds is 9. The Morgan fingerprint density at radius 2 is 1.78 bits per heavy atom. The molecule has 23 heavy (non-hydrogen) atoms. The van der Waals surface area contributed by atoms with Crippen LogP contribution < -0.4 is 15.4 Å². The summed E-state index contributed by atoms with van der Waals surface area (Å²) in [4.78, 5) is 4.20. The summed E-state index contributed by atoms with van der Waals surface area (Å²) in [6.07, 6.45) is 0.939. The van der Waals surface area contributed by atoms with E-state index in [-0.39, 0.29) is 24.0 Å². The smallest absolute Gasteiger partial charge is 0.191 e. The van der Waals surface area contributed by atoms with Gasteiger partial charge in [0.25, 0.3) is 0 Å². The van der Waals surface area contributed by atoms with Gasteiger partial charge in [0.15, 0.2) is 5.96 Å². The molecule has 0 radical (unpaired) electrons. The van der Waals surface area contributed by atoms with Gasteiger partial charge in [-0.1, -0.05) is 26.0 Å². The Balaban J connectivity index is 0.00000484. The fourth-order valence-corrected chi connectivity index (χ4v) is 1.90. The Kier molecular flexibility index (Phi) is 12.8. The lowest BCUT2D eigenvalue weighted by Gasteiger charge is -2.12. The third kappa shape index (κ3) is 10.4. The van der Waals surface area contributed by atoms with Gasteiger partial charge in [-0.2, -0.15) is 0 Å². The highest BCUT2D eigenvalue weighted by Gasteiger charge is 1.99. The van der Waals surface area contributed by atoms with Crippen molar-refractivity contribution in [2.45, 2.75) is 20.3 Å². The Labute approximate surface area is 157 Å². The third-order valence-electron chi connectivity index (χ3n) is 3.08. The number of hydrogen-bond acceptors (Lipinski definition) is 3. The quantitative estimate of drug-likeness (QED) is 0.271. The molecule has 0 atom stereocenters. The first-order valence-corrected chi connectivity index (χ1v) is 7.81. The largest absolute Gasteiger partial charge is 0.497 e. The van der Waals surface area contributed by atoms with Crippen LogP contribution in [0.3, 0.4) is 0 Å². The first kappa shape index (κ1) is 22.0. The number of hydrogen-bond donors (Lipinski definition) is 2. The van der Waals surface area contributed by atoms with E-state index in [1.54, 1.807) is 14.2 Å². The highest BCUT2D eigenvalue weighted by atomic mass is 127. The molecule has 0 spiro atoms. The van der Waals surface area contributed by atoms with Crippen LogP contribution in [0.15, 0.2) is 29.3 Å². The Morgan fingerprint density at radius 1 is 1.13 bits per heavy atom. The van der Waals surface area contributed by atoms with Gasteiger partial charge in [-0.15, -0.1) is 24.0 Å². The minimum Gasteiger partial charge on any atom is -0.497 e. The lowest BCUT2D eigenvalue weighted by molar-refractivity contribution is 0.114. The molecule has 0 aromatic heterocycles. The van der Waals surface area contributed by atoms with Gasteiger partial charge in [0.2, 0.25) is 0 Å². The molecule has 0 aliphatic heterocycles. The van der Waals surface area contributed by atoms with Gasteiger partial charge in [0.05, 0.1) is 13.7 Å². The zero-order valence-electron chi connectivity index (χ0n) is 14.6. The van der Waals surface area contributed by atoms with E-state index in [0.717, 1.165) is 37.8 Å². The van der Waals surface area contributed by atoms with Gasteiger partial charge in [0.1, 0.15) is 5.75 Å². The molecule has 1 rings (SSSR count). The maximum absolute atomic E-state index is 5.53. The molecule has 1 aromatic rings. The highest BCUT2D eigenvalue weighted by Crippen LogP contribution is 2.11. The topological polar surface area (TPSA) is 54.9 Å². The average molecular weight is 435 g/mol. The summed E-state index contributed by atoms with van der Waals surface area (Å²) >= 11 is 0. The van der Waals surface area contributed by atoms with Crippen molar-refractivity contribution in [2.75, 3.05) is 40.5 Å². The monoisotopic (exact) mass is 435 g/mol. The van der Waals surface area contributed by atoms with Crippen LogP contribution in [0.1, 0.15) is 19.4 Å². The van der Waals surface area contributed by atoms with Crippen molar-refractivity contribution in [3.05, 3.63) is 29.8 Å². The molecule has 0 fully saturated rings. The van der Waals surface area contributed by atoms with Crippen molar-refractivity contribution in [1.29, 1.82) is 0 Å². The lowest BCUT2D eigenvalue weighted by atomic mass is 10.1. The summed E-state index contributed by atoms with van der Waals surface area (Å²) < 4.78 is 10.7. The number of nitrogens with zero attached hydrogens (tertiary/aromatic N) is 1. The van der Waals surface area contributed by atoms with Crippen molar-refractivity contribution < 1.29 is 9.47 Å². The van der Waals surface area contributed by atoms with Crippen molar-refractivity contribution in [3.63, 3.8) is 0 Å². The van der Waals surface area contributed by atoms with E-state index in [4.69, 9.17) is 9.47 Å². The van der Waals surface area contributed by atoms with E-state index < -0.39 is 0 Å². The normalized spacial score (nSPS) is 11.1. The summed E-state index contributed by atoms with van der Waals surface area (Å²) in [5.74, 6) is 2.26. The van der Waals surface area contributed by atoms with Crippen molar-refractivity contribution in [2.24, 2.45) is 10.9 Å². The van der Waals surface area contributed by atoms with E-state index in [0.29, 0.717) is 12.5 Å². The molecule has 5 nitrogen and oxygen atoms in total. The standard InChI is InChI=1S/C17H29N3O2.HI/c1-14(2)13-22-12-11-20-17(18-3)19-10-9-15-5-7-16(21-4)8-6-15;/h5-8,14H,9-13H2,1-4H3,(H2,18,19,20);1H. The highest BCUT2D eigenvalue weighted by molar-refractivity contribution is 14.0. The van der Waals surface area contributed by atoms with Gasteiger partial charge >= 0.3 is 0 Å². The molecule has 0 saturated heterocycles. The van der Waals surface area contributed by atoms with E-state index in [1.165, 1.54) is 5.56 Å². The van der Waals surface area contributed by atoms with Crippen LogP contribution in [0.4, 0.5) is 0 Å². The van der Waals surface area contributed by atoms with Crippen LogP contribution in [-0.2, 0) is 11.2 Å². The van der Waals surface area contributed by atoms with E-state index in [9.17, 15) is 0 Å². The summed E-state index contributed by atoms with van der Waals surface area (Å²) in [6.45, 7) is 7.37. The number of guanidine groups is 1. The first-order chi connectivity index (χ1) is 10.7. The van der Waals surface area contributed by atoms with Crippen LogP contribution in [0.2, 0.25) is 0 Å². The molecule has 0 aliphatic rings. The molecule has 0 amide bonds. The Hall–Kier alpha value is -1.02. The molecule has 0 bridgehead atoms. The van der Waals surface area contributed by atoms with Crippen LogP contribution in [0.25, 0.3) is 0 Å². The van der Waals surface area contributed by atoms with Crippen LogP contribution >= 0.6 is 24.0 Å². The van der Waals surface area contributed by atoms with Gasteiger partial charge in [-0.3, -0.25) is 4.99 Å². The zero-order valence-corrected chi connectivity index (χ0v) is 16.9. The van der Waals surface area contributed by atoms with E-state index in [2.05, 4.69) is 41.6 Å². The van der Waals surface area contributed by atoms with Crippen molar-refractivity contribution >= 4 is 29.9 Å². The molecule has 132 valence electrons. The summed E-state index contributed by atoms with van der Waals surface area (Å²) in [6, 6.07) is 8.12. The molecule has 0 unspecified atom stereocenters.